The fraction of sp³-hybridized carbons (Fsp3) is 0.391. The van der Waals surface area contributed by atoms with Crippen molar-refractivity contribution in [2.45, 2.75) is 46.0 Å². The number of rotatable bonds is 8. The van der Waals surface area contributed by atoms with E-state index in [1.807, 2.05) is 25.1 Å². The SMILES string of the molecule is CCOc1ccc(C(=O)CCC(=O)Nc2cc(C(C)(C)C)ccc2OC)cc1. The van der Waals surface area contributed by atoms with Crippen LogP contribution in [-0.2, 0) is 10.2 Å². The van der Waals surface area contributed by atoms with Gasteiger partial charge in [0, 0.05) is 18.4 Å². The number of ketones is 1. The molecule has 0 aliphatic heterocycles. The number of carbonyl (C=O) groups excluding carboxylic acids is 2. The zero-order valence-corrected chi connectivity index (χ0v) is 17.3. The van der Waals surface area contributed by atoms with Gasteiger partial charge in [0.15, 0.2) is 5.78 Å². The molecule has 28 heavy (non-hydrogen) atoms. The van der Waals surface area contributed by atoms with Crippen LogP contribution in [0.3, 0.4) is 0 Å². The minimum absolute atomic E-state index is 0.0463. The molecule has 0 heterocycles. The van der Waals surface area contributed by atoms with E-state index in [0.29, 0.717) is 23.6 Å². The maximum absolute atomic E-state index is 12.4. The minimum atomic E-state index is -0.219. The van der Waals surface area contributed by atoms with Gasteiger partial charge in [0.05, 0.1) is 19.4 Å². The number of amides is 1. The van der Waals surface area contributed by atoms with E-state index in [1.54, 1.807) is 31.4 Å². The molecule has 2 rings (SSSR count). The quantitative estimate of drug-likeness (QED) is 0.652. The number of anilines is 1. The van der Waals surface area contributed by atoms with Gasteiger partial charge in [-0.25, -0.2) is 0 Å². The van der Waals surface area contributed by atoms with Crippen molar-refractivity contribution in [1.82, 2.24) is 0 Å². The van der Waals surface area contributed by atoms with Gasteiger partial charge in [-0.3, -0.25) is 9.59 Å². The van der Waals surface area contributed by atoms with Crippen molar-refractivity contribution in [3.63, 3.8) is 0 Å². The van der Waals surface area contributed by atoms with Gasteiger partial charge in [-0.1, -0.05) is 26.8 Å². The number of carbonyl (C=O) groups is 2. The first-order valence-corrected chi connectivity index (χ1v) is 9.49. The highest BCUT2D eigenvalue weighted by molar-refractivity contribution is 6.00. The molecule has 0 aromatic heterocycles. The van der Waals surface area contributed by atoms with Crippen molar-refractivity contribution in [3.8, 4) is 11.5 Å². The predicted molar refractivity (Wildman–Crippen MR) is 111 cm³/mol. The van der Waals surface area contributed by atoms with E-state index in [0.717, 1.165) is 11.3 Å². The van der Waals surface area contributed by atoms with Gasteiger partial charge < -0.3 is 14.8 Å². The van der Waals surface area contributed by atoms with Crippen LogP contribution >= 0.6 is 0 Å². The maximum atomic E-state index is 12.4. The predicted octanol–water partition coefficient (Wildman–Crippen LogP) is 4.99. The average molecular weight is 383 g/mol. The van der Waals surface area contributed by atoms with Crippen LogP contribution in [0.2, 0.25) is 0 Å². The lowest BCUT2D eigenvalue weighted by Crippen LogP contribution is -2.16. The molecule has 0 fully saturated rings. The van der Waals surface area contributed by atoms with E-state index in [-0.39, 0.29) is 29.9 Å². The second kappa shape index (κ2) is 9.40. The molecule has 0 saturated heterocycles. The molecule has 0 spiro atoms. The fourth-order valence-electron chi connectivity index (χ4n) is 2.76. The van der Waals surface area contributed by atoms with Gasteiger partial charge in [0.25, 0.3) is 0 Å². The van der Waals surface area contributed by atoms with E-state index < -0.39 is 0 Å². The second-order valence-electron chi connectivity index (χ2n) is 7.59. The number of methoxy groups -OCH3 is 1. The Kier molecular flexibility index (Phi) is 7.21. The Morgan fingerprint density at radius 2 is 1.68 bits per heavy atom. The number of Topliss-reactive ketones (excluding diaryl/α,β-unsaturated/α-hetero) is 1. The largest absolute Gasteiger partial charge is 0.495 e. The topological polar surface area (TPSA) is 64.6 Å². The fourth-order valence-corrected chi connectivity index (χ4v) is 2.76. The molecule has 0 radical (unpaired) electrons. The summed E-state index contributed by atoms with van der Waals surface area (Å²) in [5, 5.41) is 2.87. The highest BCUT2D eigenvalue weighted by Crippen LogP contribution is 2.31. The summed E-state index contributed by atoms with van der Waals surface area (Å²) in [6.07, 6.45) is 0.246. The molecule has 5 nitrogen and oxygen atoms in total. The molecule has 0 aliphatic rings. The molecule has 0 bridgehead atoms. The lowest BCUT2D eigenvalue weighted by Gasteiger charge is -2.21. The summed E-state index contributed by atoms with van der Waals surface area (Å²) < 4.78 is 10.7. The summed E-state index contributed by atoms with van der Waals surface area (Å²) in [4.78, 5) is 24.7. The Bertz CT molecular complexity index is 819. The summed E-state index contributed by atoms with van der Waals surface area (Å²) in [6, 6.07) is 12.7. The first-order chi connectivity index (χ1) is 13.2. The lowest BCUT2D eigenvalue weighted by molar-refractivity contribution is -0.116. The Hall–Kier alpha value is -2.82. The molecule has 2 aromatic rings. The first kappa shape index (κ1) is 21.5. The molecule has 0 unspecified atom stereocenters. The van der Waals surface area contributed by atoms with E-state index in [2.05, 4.69) is 26.1 Å². The van der Waals surface area contributed by atoms with Crippen LogP contribution in [0.15, 0.2) is 42.5 Å². The Morgan fingerprint density at radius 3 is 2.25 bits per heavy atom. The highest BCUT2D eigenvalue weighted by Gasteiger charge is 2.17. The molecular weight excluding hydrogens is 354 g/mol. The Morgan fingerprint density at radius 1 is 1.00 bits per heavy atom. The van der Waals surface area contributed by atoms with E-state index in [9.17, 15) is 9.59 Å². The first-order valence-electron chi connectivity index (χ1n) is 9.49. The van der Waals surface area contributed by atoms with Crippen molar-refractivity contribution in [3.05, 3.63) is 53.6 Å². The number of hydrogen-bond acceptors (Lipinski definition) is 4. The molecule has 1 amide bonds. The van der Waals surface area contributed by atoms with Crippen LogP contribution in [0.25, 0.3) is 0 Å². The molecule has 0 saturated carbocycles. The molecule has 0 aliphatic carbocycles. The normalized spacial score (nSPS) is 11.0. The Balaban J connectivity index is 1.99. The van der Waals surface area contributed by atoms with Crippen molar-refractivity contribution < 1.29 is 19.1 Å². The molecule has 1 N–H and O–H groups in total. The summed E-state index contributed by atoms with van der Waals surface area (Å²) in [7, 11) is 1.57. The van der Waals surface area contributed by atoms with Crippen LogP contribution in [0.4, 0.5) is 5.69 Å². The van der Waals surface area contributed by atoms with Crippen LogP contribution in [0.5, 0.6) is 11.5 Å². The second-order valence-corrected chi connectivity index (χ2v) is 7.59. The summed E-state index contributed by atoms with van der Waals surface area (Å²) in [6.45, 7) is 8.80. The van der Waals surface area contributed by atoms with E-state index in [1.165, 1.54) is 0 Å². The van der Waals surface area contributed by atoms with Crippen LogP contribution < -0.4 is 14.8 Å². The zero-order valence-electron chi connectivity index (χ0n) is 17.3. The van der Waals surface area contributed by atoms with Crippen molar-refractivity contribution in [1.29, 1.82) is 0 Å². The molecular formula is C23H29NO4. The summed E-state index contributed by atoms with van der Waals surface area (Å²) >= 11 is 0. The van der Waals surface area contributed by atoms with Gasteiger partial charge in [-0.05, 0) is 54.3 Å². The number of ether oxygens (including phenoxy) is 2. The van der Waals surface area contributed by atoms with E-state index >= 15 is 0 Å². The van der Waals surface area contributed by atoms with Crippen LogP contribution in [0.1, 0.15) is 56.5 Å². The number of benzene rings is 2. The minimum Gasteiger partial charge on any atom is -0.495 e. The Labute approximate surface area is 167 Å². The van der Waals surface area contributed by atoms with E-state index in [4.69, 9.17) is 9.47 Å². The molecule has 2 aromatic carbocycles. The van der Waals surface area contributed by atoms with Gasteiger partial charge in [-0.2, -0.15) is 0 Å². The zero-order chi connectivity index (χ0) is 20.7. The van der Waals surface area contributed by atoms with Crippen LogP contribution in [-0.4, -0.2) is 25.4 Å². The molecule has 0 atom stereocenters. The van der Waals surface area contributed by atoms with Gasteiger partial charge >= 0.3 is 0 Å². The van der Waals surface area contributed by atoms with Gasteiger partial charge in [0.2, 0.25) is 5.91 Å². The monoisotopic (exact) mass is 383 g/mol. The molecule has 5 heteroatoms. The smallest absolute Gasteiger partial charge is 0.224 e. The van der Waals surface area contributed by atoms with Gasteiger partial charge in [-0.15, -0.1) is 0 Å². The highest BCUT2D eigenvalue weighted by atomic mass is 16.5. The summed E-state index contributed by atoms with van der Waals surface area (Å²) in [5.74, 6) is 1.03. The van der Waals surface area contributed by atoms with Crippen LogP contribution in [0, 0.1) is 0 Å². The maximum Gasteiger partial charge on any atom is 0.224 e. The van der Waals surface area contributed by atoms with Crippen molar-refractivity contribution in [2.75, 3.05) is 19.0 Å². The number of hydrogen-bond donors (Lipinski definition) is 1. The average Bonchev–Trinajstić information content (AvgIpc) is 2.66. The third-order valence-electron chi connectivity index (χ3n) is 4.41. The van der Waals surface area contributed by atoms with Crippen molar-refractivity contribution in [2.24, 2.45) is 0 Å². The third kappa shape index (κ3) is 5.84. The number of nitrogens with one attached hydrogen (secondary N) is 1. The third-order valence-corrected chi connectivity index (χ3v) is 4.41. The lowest BCUT2D eigenvalue weighted by atomic mass is 9.87. The summed E-state index contributed by atoms with van der Waals surface area (Å²) in [5.41, 5.74) is 2.24. The molecule has 150 valence electrons. The van der Waals surface area contributed by atoms with Gasteiger partial charge in [0.1, 0.15) is 11.5 Å². The van der Waals surface area contributed by atoms with Crippen molar-refractivity contribution >= 4 is 17.4 Å². The standard InChI is InChI=1S/C23H29NO4/c1-6-28-18-10-7-16(8-11-18)20(25)12-14-22(26)24-19-15-17(23(2,3)4)9-13-21(19)27-5/h7-11,13,15H,6,12,14H2,1-5H3,(H,24,26).